The second-order valence-corrected chi connectivity index (χ2v) is 6.43. The third-order valence-electron chi connectivity index (χ3n) is 4.35. The number of amides is 1. The molecule has 0 bridgehead atoms. The fraction of sp³-hybridized carbons (Fsp3) is 0.0833. The molecule has 0 unspecified atom stereocenters. The number of anilines is 1. The zero-order valence-corrected chi connectivity index (χ0v) is 16.7. The molecule has 3 rings (SSSR count). The Balaban J connectivity index is 1.63. The van der Waals surface area contributed by atoms with Crippen molar-refractivity contribution in [1.29, 1.82) is 0 Å². The predicted octanol–water partition coefficient (Wildman–Crippen LogP) is 3.50. The summed E-state index contributed by atoms with van der Waals surface area (Å²) in [5.41, 5.74) is 1.47. The van der Waals surface area contributed by atoms with Gasteiger partial charge in [-0.1, -0.05) is 48.5 Å². The van der Waals surface area contributed by atoms with Crippen LogP contribution in [0.25, 0.3) is 0 Å². The molecule has 0 radical (unpaired) electrons. The molecule has 156 valence electrons. The highest BCUT2D eigenvalue weighted by Gasteiger charge is 2.19. The monoisotopic (exact) mass is 417 g/mol. The number of carbonyl (C=O) groups is 4. The molecule has 0 heterocycles. The van der Waals surface area contributed by atoms with Gasteiger partial charge in [0.2, 0.25) is 0 Å². The molecule has 0 aliphatic heterocycles. The molecule has 31 heavy (non-hydrogen) atoms. The smallest absolute Gasteiger partial charge is 0.339 e. The van der Waals surface area contributed by atoms with E-state index in [-0.39, 0.29) is 16.9 Å². The Hall–Kier alpha value is -4.26. The standard InChI is InChI=1S/C24H19NO6/c1-30-23(28)17-11-13-18(14-12-17)25-21(26)15-31-24(29)20-10-6-5-9-19(20)22(27)16-7-3-2-4-8-16/h2-14H,15H2,1H3,(H,25,26). The predicted molar refractivity (Wildman–Crippen MR) is 113 cm³/mol. The summed E-state index contributed by atoms with van der Waals surface area (Å²) >= 11 is 0. The Labute approximate surface area is 178 Å². The minimum absolute atomic E-state index is 0.0755. The van der Waals surface area contributed by atoms with Gasteiger partial charge in [0.15, 0.2) is 12.4 Å². The number of methoxy groups -OCH3 is 1. The molecule has 7 nitrogen and oxygen atoms in total. The molecule has 0 aliphatic rings. The van der Waals surface area contributed by atoms with Crippen LogP contribution in [0.15, 0.2) is 78.9 Å². The van der Waals surface area contributed by atoms with E-state index in [0.717, 1.165) is 0 Å². The maximum Gasteiger partial charge on any atom is 0.339 e. The third-order valence-corrected chi connectivity index (χ3v) is 4.35. The molecule has 1 amide bonds. The van der Waals surface area contributed by atoms with E-state index >= 15 is 0 Å². The molecule has 0 spiro atoms. The Morgan fingerprint density at radius 1 is 0.710 bits per heavy atom. The molecule has 0 fully saturated rings. The summed E-state index contributed by atoms with van der Waals surface area (Å²) in [6.07, 6.45) is 0. The number of rotatable bonds is 7. The Kier molecular flexibility index (Phi) is 6.90. The average molecular weight is 417 g/mol. The number of benzene rings is 3. The van der Waals surface area contributed by atoms with Gasteiger partial charge < -0.3 is 14.8 Å². The van der Waals surface area contributed by atoms with E-state index in [1.54, 1.807) is 42.5 Å². The lowest BCUT2D eigenvalue weighted by molar-refractivity contribution is -0.119. The quantitative estimate of drug-likeness (QED) is 0.467. The van der Waals surface area contributed by atoms with Crippen LogP contribution in [-0.4, -0.2) is 37.3 Å². The fourth-order valence-electron chi connectivity index (χ4n) is 2.82. The van der Waals surface area contributed by atoms with Gasteiger partial charge >= 0.3 is 11.9 Å². The second-order valence-electron chi connectivity index (χ2n) is 6.43. The van der Waals surface area contributed by atoms with Crippen molar-refractivity contribution in [2.75, 3.05) is 19.0 Å². The van der Waals surface area contributed by atoms with Crippen molar-refractivity contribution >= 4 is 29.3 Å². The third kappa shape index (κ3) is 5.42. The number of nitrogens with one attached hydrogen (secondary N) is 1. The van der Waals surface area contributed by atoms with Crippen LogP contribution < -0.4 is 5.32 Å². The van der Waals surface area contributed by atoms with Gasteiger partial charge in [0.05, 0.1) is 18.2 Å². The summed E-state index contributed by atoms with van der Waals surface area (Å²) in [7, 11) is 1.28. The number of ether oxygens (including phenoxy) is 2. The molecule has 7 heteroatoms. The van der Waals surface area contributed by atoms with E-state index in [1.807, 2.05) is 0 Å². The number of hydrogen-bond acceptors (Lipinski definition) is 6. The Morgan fingerprint density at radius 2 is 1.32 bits per heavy atom. The van der Waals surface area contributed by atoms with Crippen molar-refractivity contribution in [2.24, 2.45) is 0 Å². The number of hydrogen-bond donors (Lipinski definition) is 1. The van der Waals surface area contributed by atoms with Crippen LogP contribution in [0.4, 0.5) is 5.69 Å². The van der Waals surface area contributed by atoms with Gasteiger partial charge in [-0.15, -0.1) is 0 Å². The summed E-state index contributed by atoms with van der Waals surface area (Å²) in [6, 6.07) is 20.9. The van der Waals surface area contributed by atoms with E-state index in [0.29, 0.717) is 16.8 Å². The highest BCUT2D eigenvalue weighted by molar-refractivity contribution is 6.14. The molecule has 3 aromatic rings. The van der Waals surface area contributed by atoms with E-state index in [9.17, 15) is 19.2 Å². The van der Waals surface area contributed by atoms with Crippen molar-refractivity contribution in [3.63, 3.8) is 0 Å². The van der Waals surface area contributed by atoms with Crippen LogP contribution in [0.5, 0.6) is 0 Å². The van der Waals surface area contributed by atoms with Crippen molar-refractivity contribution in [3.05, 3.63) is 101 Å². The molecular formula is C24H19NO6. The molecular weight excluding hydrogens is 398 g/mol. The van der Waals surface area contributed by atoms with Crippen LogP contribution in [-0.2, 0) is 14.3 Å². The first-order valence-corrected chi connectivity index (χ1v) is 9.33. The first kappa shape index (κ1) is 21.4. The lowest BCUT2D eigenvalue weighted by Gasteiger charge is -2.10. The van der Waals surface area contributed by atoms with Gasteiger partial charge in [0, 0.05) is 16.8 Å². The zero-order chi connectivity index (χ0) is 22.2. The number of ketones is 1. The lowest BCUT2D eigenvalue weighted by atomic mass is 9.98. The first-order valence-electron chi connectivity index (χ1n) is 9.33. The Morgan fingerprint density at radius 3 is 1.97 bits per heavy atom. The average Bonchev–Trinajstić information content (AvgIpc) is 2.82. The summed E-state index contributed by atoms with van der Waals surface area (Å²) < 4.78 is 9.70. The highest BCUT2D eigenvalue weighted by Crippen LogP contribution is 2.16. The molecule has 1 N–H and O–H groups in total. The van der Waals surface area contributed by atoms with Gasteiger partial charge in [-0.25, -0.2) is 9.59 Å². The molecule has 3 aromatic carbocycles. The van der Waals surface area contributed by atoms with Crippen molar-refractivity contribution in [3.8, 4) is 0 Å². The summed E-state index contributed by atoms with van der Waals surface area (Å²) in [4.78, 5) is 48.8. The molecule has 0 atom stereocenters. The summed E-state index contributed by atoms with van der Waals surface area (Å²) in [5.74, 6) is -2.15. The zero-order valence-electron chi connectivity index (χ0n) is 16.7. The van der Waals surface area contributed by atoms with E-state index < -0.39 is 24.5 Å². The van der Waals surface area contributed by atoms with Crippen molar-refractivity contribution in [2.45, 2.75) is 0 Å². The molecule has 0 aromatic heterocycles. The van der Waals surface area contributed by atoms with E-state index in [4.69, 9.17) is 4.74 Å². The van der Waals surface area contributed by atoms with E-state index in [1.165, 1.54) is 43.5 Å². The van der Waals surface area contributed by atoms with Crippen LogP contribution >= 0.6 is 0 Å². The lowest BCUT2D eigenvalue weighted by Crippen LogP contribution is -2.22. The van der Waals surface area contributed by atoms with Gasteiger partial charge in [-0.3, -0.25) is 9.59 Å². The maximum absolute atomic E-state index is 12.7. The van der Waals surface area contributed by atoms with Gasteiger partial charge in [0.1, 0.15) is 0 Å². The van der Waals surface area contributed by atoms with E-state index in [2.05, 4.69) is 10.1 Å². The van der Waals surface area contributed by atoms with Crippen LogP contribution in [0.1, 0.15) is 36.6 Å². The first-order chi connectivity index (χ1) is 15.0. The van der Waals surface area contributed by atoms with Crippen LogP contribution in [0, 0.1) is 0 Å². The Bertz CT molecular complexity index is 1110. The molecule has 0 saturated heterocycles. The molecule has 0 saturated carbocycles. The fourth-order valence-corrected chi connectivity index (χ4v) is 2.82. The minimum Gasteiger partial charge on any atom is -0.465 e. The highest BCUT2D eigenvalue weighted by atomic mass is 16.5. The van der Waals surface area contributed by atoms with Gasteiger partial charge in [-0.05, 0) is 30.3 Å². The maximum atomic E-state index is 12.7. The van der Waals surface area contributed by atoms with Gasteiger partial charge in [-0.2, -0.15) is 0 Å². The SMILES string of the molecule is COC(=O)c1ccc(NC(=O)COC(=O)c2ccccc2C(=O)c2ccccc2)cc1. The summed E-state index contributed by atoms with van der Waals surface area (Å²) in [5, 5.41) is 2.56. The topological polar surface area (TPSA) is 98.8 Å². The van der Waals surface area contributed by atoms with Crippen molar-refractivity contribution < 1.29 is 28.7 Å². The largest absolute Gasteiger partial charge is 0.465 e. The summed E-state index contributed by atoms with van der Waals surface area (Å²) in [6.45, 7) is -0.536. The minimum atomic E-state index is -0.781. The second kappa shape index (κ2) is 9.98. The molecule has 0 aliphatic carbocycles. The normalized spacial score (nSPS) is 10.1. The number of esters is 2. The van der Waals surface area contributed by atoms with Crippen molar-refractivity contribution in [1.82, 2.24) is 0 Å². The van der Waals surface area contributed by atoms with Crippen LogP contribution in [0.3, 0.4) is 0 Å². The number of carbonyl (C=O) groups excluding carboxylic acids is 4. The van der Waals surface area contributed by atoms with Crippen LogP contribution in [0.2, 0.25) is 0 Å². The van der Waals surface area contributed by atoms with Gasteiger partial charge in [0.25, 0.3) is 5.91 Å².